The first-order valence-corrected chi connectivity index (χ1v) is 6.48. The van der Waals surface area contributed by atoms with Crippen LogP contribution in [0.3, 0.4) is 0 Å². The summed E-state index contributed by atoms with van der Waals surface area (Å²) in [7, 11) is 0. The lowest BCUT2D eigenvalue weighted by atomic mass is 10.1. The first kappa shape index (κ1) is 15.3. The van der Waals surface area contributed by atoms with E-state index in [0.717, 1.165) is 5.56 Å². The number of nitrogens with one attached hydrogen (secondary N) is 1. The van der Waals surface area contributed by atoms with E-state index in [1.807, 2.05) is 32.9 Å². The maximum absolute atomic E-state index is 11.4. The highest BCUT2D eigenvalue weighted by Crippen LogP contribution is 2.10. The minimum atomic E-state index is -0.457. The molecule has 0 aliphatic heterocycles. The summed E-state index contributed by atoms with van der Waals surface area (Å²) in [5.41, 5.74) is 3.16. The lowest BCUT2D eigenvalue weighted by Gasteiger charge is -2.19. The standard InChI is InChI=1S/C16H23NO2/c1-12-9-13(2)11-14(10-12)7-6-8-17-15(18)19-16(3,4)5/h6-7,9-11H,8H2,1-5H3,(H,17,18). The zero-order valence-electron chi connectivity index (χ0n) is 12.4. The Morgan fingerprint density at radius 2 is 1.79 bits per heavy atom. The Kier molecular flexibility index (Phi) is 5.16. The van der Waals surface area contributed by atoms with Crippen molar-refractivity contribution < 1.29 is 9.53 Å². The molecule has 0 bridgehead atoms. The highest BCUT2D eigenvalue weighted by molar-refractivity contribution is 5.68. The van der Waals surface area contributed by atoms with Crippen LogP contribution in [0.25, 0.3) is 6.08 Å². The van der Waals surface area contributed by atoms with Crippen molar-refractivity contribution in [3.05, 3.63) is 41.0 Å². The molecule has 104 valence electrons. The van der Waals surface area contributed by atoms with Gasteiger partial charge in [-0.1, -0.05) is 41.5 Å². The van der Waals surface area contributed by atoms with E-state index in [2.05, 4.69) is 37.4 Å². The number of carbonyl (C=O) groups excluding carboxylic acids is 1. The average Bonchev–Trinajstić information content (AvgIpc) is 2.20. The number of aryl methyl sites for hydroxylation is 2. The Morgan fingerprint density at radius 3 is 2.32 bits per heavy atom. The summed E-state index contributed by atoms with van der Waals surface area (Å²) in [6.45, 7) is 10.1. The third-order valence-corrected chi connectivity index (χ3v) is 2.32. The summed E-state index contributed by atoms with van der Waals surface area (Å²) >= 11 is 0. The second-order valence-corrected chi connectivity index (χ2v) is 5.71. The Labute approximate surface area is 115 Å². The lowest BCUT2D eigenvalue weighted by molar-refractivity contribution is 0.0534. The molecule has 0 atom stereocenters. The van der Waals surface area contributed by atoms with Crippen molar-refractivity contribution in [2.75, 3.05) is 6.54 Å². The fourth-order valence-corrected chi connectivity index (χ4v) is 1.76. The quantitative estimate of drug-likeness (QED) is 0.897. The predicted octanol–water partition coefficient (Wildman–Crippen LogP) is 3.84. The van der Waals surface area contributed by atoms with E-state index in [9.17, 15) is 4.79 Å². The summed E-state index contributed by atoms with van der Waals surface area (Å²) < 4.78 is 5.14. The van der Waals surface area contributed by atoms with Gasteiger partial charge in [-0.25, -0.2) is 4.79 Å². The van der Waals surface area contributed by atoms with E-state index < -0.39 is 11.7 Å². The van der Waals surface area contributed by atoms with Crippen molar-refractivity contribution in [1.29, 1.82) is 0 Å². The number of hydrogen-bond acceptors (Lipinski definition) is 2. The van der Waals surface area contributed by atoms with E-state index in [1.54, 1.807) is 0 Å². The molecule has 0 saturated carbocycles. The Morgan fingerprint density at radius 1 is 1.21 bits per heavy atom. The van der Waals surface area contributed by atoms with Crippen LogP contribution in [0.2, 0.25) is 0 Å². The zero-order chi connectivity index (χ0) is 14.5. The van der Waals surface area contributed by atoms with Gasteiger partial charge in [0.1, 0.15) is 5.60 Å². The van der Waals surface area contributed by atoms with Gasteiger partial charge < -0.3 is 10.1 Å². The minimum Gasteiger partial charge on any atom is -0.444 e. The van der Waals surface area contributed by atoms with Crippen LogP contribution in [-0.2, 0) is 4.74 Å². The zero-order valence-corrected chi connectivity index (χ0v) is 12.4. The van der Waals surface area contributed by atoms with E-state index in [4.69, 9.17) is 4.74 Å². The molecule has 0 aliphatic carbocycles. The number of amides is 1. The summed E-state index contributed by atoms with van der Waals surface area (Å²) in [5.74, 6) is 0. The molecule has 1 aromatic carbocycles. The van der Waals surface area contributed by atoms with Crippen molar-refractivity contribution in [3.63, 3.8) is 0 Å². The molecule has 19 heavy (non-hydrogen) atoms. The van der Waals surface area contributed by atoms with Gasteiger partial charge in [-0.3, -0.25) is 0 Å². The fraction of sp³-hybridized carbons (Fsp3) is 0.438. The normalized spacial score (nSPS) is 11.6. The topological polar surface area (TPSA) is 38.3 Å². The van der Waals surface area contributed by atoms with Crippen LogP contribution in [0, 0.1) is 13.8 Å². The summed E-state index contributed by atoms with van der Waals surface area (Å²) in [6.07, 6.45) is 3.52. The highest BCUT2D eigenvalue weighted by atomic mass is 16.6. The van der Waals surface area contributed by atoms with Gasteiger partial charge in [-0.2, -0.15) is 0 Å². The molecular weight excluding hydrogens is 238 g/mol. The van der Waals surface area contributed by atoms with Gasteiger partial charge in [-0.15, -0.1) is 0 Å². The molecule has 1 amide bonds. The molecule has 1 aromatic rings. The Hall–Kier alpha value is -1.77. The van der Waals surface area contributed by atoms with Gasteiger partial charge in [0.15, 0.2) is 0 Å². The van der Waals surface area contributed by atoms with Gasteiger partial charge in [-0.05, 0) is 40.2 Å². The predicted molar refractivity (Wildman–Crippen MR) is 79.2 cm³/mol. The average molecular weight is 261 g/mol. The molecule has 0 heterocycles. The molecule has 0 spiro atoms. The SMILES string of the molecule is Cc1cc(C)cc(C=CCNC(=O)OC(C)(C)C)c1. The summed E-state index contributed by atoms with van der Waals surface area (Å²) in [5, 5.41) is 2.69. The van der Waals surface area contributed by atoms with Crippen LogP contribution in [-0.4, -0.2) is 18.2 Å². The third-order valence-electron chi connectivity index (χ3n) is 2.32. The molecule has 0 aliphatic rings. The molecule has 1 N–H and O–H groups in total. The minimum absolute atomic E-state index is 0.391. The van der Waals surface area contributed by atoms with Gasteiger partial charge in [0, 0.05) is 6.54 Å². The van der Waals surface area contributed by atoms with Crippen LogP contribution < -0.4 is 5.32 Å². The number of alkyl carbamates (subject to hydrolysis) is 1. The summed E-state index contributed by atoms with van der Waals surface area (Å²) in [6, 6.07) is 6.35. The second-order valence-electron chi connectivity index (χ2n) is 5.71. The van der Waals surface area contributed by atoms with Crippen LogP contribution in [0.15, 0.2) is 24.3 Å². The molecule has 3 nitrogen and oxygen atoms in total. The van der Waals surface area contributed by atoms with E-state index in [1.165, 1.54) is 11.1 Å². The van der Waals surface area contributed by atoms with E-state index in [-0.39, 0.29) is 0 Å². The highest BCUT2D eigenvalue weighted by Gasteiger charge is 2.14. The van der Waals surface area contributed by atoms with Crippen molar-refractivity contribution in [2.24, 2.45) is 0 Å². The molecule has 0 radical (unpaired) electrons. The molecule has 0 aromatic heterocycles. The Bertz CT molecular complexity index is 450. The van der Waals surface area contributed by atoms with Crippen molar-refractivity contribution in [2.45, 2.75) is 40.2 Å². The second kappa shape index (κ2) is 6.41. The van der Waals surface area contributed by atoms with Crippen molar-refractivity contribution in [3.8, 4) is 0 Å². The van der Waals surface area contributed by atoms with Crippen molar-refractivity contribution >= 4 is 12.2 Å². The van der Waals surface area contributed by atoms with Crippen molar-refractivity contribution in [1.82, 2.24) is 5.32 Å². The van der Waals surface area contributed by atoms with Gasteiger partial charge >= 0.3 is 6.09 Å². The number of hydrogen-bond donors (Lipinski definition) is 1. The van der Waals surface area contributed by atoms with E-state index >= 15 is 0 Å². The van der Waals surface area contributed by atoms with Gasteiger partial charge in [0.25, 0.3) is 0 Å². The first-order chi connectivity index (χ1) is 8.76. The largest absolute Gasteiger partial charge is 0.444 e. The molecule has 1 rings (SSSR count). The van der Waals surface area contributed by atoms with E-state index in [0.29, 0.717) is 6.54 Å². The molecule has 0 unspecified atom stereocenters. The molecule has 0 fully saturated rings. The maximum atomic E-state index is 11.4. The third kappa shape index (κ3) is 6.65. The number of carbonyl (C=O) groups is 1. The number of ether oxygens (including phenoxy) is 1. The van der Waals surface area contributed by atoms with Crippen LogP contribution in [0.1, 0.15) is 37.5 Å². The van der Waals surface area contributed by atoms with Crippen LogP contribution >= 0.6 is 0 Å². The molecular formula is C16H23NO2. The number of benzene rings is 1. The first-order valence-electron chi connectivity index (χ1n) is 6.48. The van der Waals surface area contributed by atoms with Crippen LogP contribution in [0.4, 0.5) is 4.79 Å². The monoisotopic (exact) mass is 261 g/mol. The summed E-state index contributed by atoms with van der Waals surface area (Å²) in [4.78, 5) is 11.4. The number of rotatable bonds is 3. The Balaban J connectivity index is 2.44. The molecule has 0 saturated heterocycles. The fourth-order valence-electron chi connectivity index (χ4n) is 1.76. The smallest absolute Gasteiger partial charge is 0.407 e. The maximum Gasteiger partial charge on any atom is 0.407 e. The van der Waals surface area contributed by atoms with Crippen LogP contribution in [0.5, 0.6) is 0 Å². The van der Waals surface area contributed by atoms with Gasteiger partial charge in [0.05, 0.1) is 0 Å². The molecule has 3 heteroatoms. The van der Waals surface area contributed by atoms with Gasteiger partial charge in [0.2, 0.25) is 0 Å². The lowest BCUT2D eigenvalue weighted by Crippen LogP contribution is -2.32.